The molecule has 4 aromatic rings. The molecule has 7 amide bonds. The zero-order valence-corrected chi connectivity index (χ0v) is 50.6. The standard InChI is InChI=1S/C66H78N10O11/c1-8-42-31-60(78)74(64(42)81)22-11-9-10-13-59(77)71-61(40(2)3)63(80)69-41(4)62(79)70-47-18-14-43(15-19-47)45-29-49-36-67-53-34-57(55(84-6)32-51(53)65(82)75(49)38-45)86-27-12-28-87-58-35-54-52(33-56(58)85-7)66(83)76-39-46(30-50(76)37-68-54)44-16-20-48(21-17-44)73-25-23-72(5)24-26-73/h14-21,32-42,49-50,61H,8-13,22-31H2,1-7H3,(H,69,80)(H,70,79)(H,71,77)/t41-,42?,49-,50-,61-/m0/s1. The monoisotopic (exact) mass is 1190 g/mol. The van der Waals surface area contributed by atoms with Crippen molar-refractivity contribution in [3.8, 4) is 23.0 Å². The first-order chi connectivity index (χ1) is 42.0. The van der Waals surface area contributed by atoms with Crippen LogP contribution in [0.5, 0.6) is 23.0 Å². The first-order valence-electron chi connectivity index (χ1n) is 30.2. The molecule has 3 N–H and O–H groups in total. The molecule has 6 aliphatic heterocycles. The first kappa shape index (κ1) is 61.2. The Morgan fingerprint density at radius 3 is 1.71 bits per heavy atom. The zero-order valence-electron chi connectivity index (χ0n) is 50.6. The second-order valence-corrected chi connectivity index (χ2v) is 23.4. The molecule has 6 heterocycles. The fraction of sp³-hybridized carbons (Fsp3) is 0.439. The van der Waals surface area contributed by atoms with Crippen molar-refractivity contribution in [3.05, 3.63) is 107 Å². The summed E-state index contributed by atoms with van der Waals surface area (Å²) in [5.41, 5.74) is 7.34. The number of hydrogen-bond donors (Lipinski definition) is 3. The normalized spacial score (nSPS) is 19.6. The summed E-state index contributed by atoms with van der Waals surface area (Å²) in [6.07, 6.45) is 11.8. The summed E-state index contributed by atoms with van der Waals surface area (Å²) >= 11 is 0. The van der Waals surface area contributed by atoms with Gasteiger partial charge in [0.2, 0.25) is 29.5 Å². The molecule has 2 saturated heterocycles. The van der Waals surface area contributed by atoms with E-state index >= 15 is 0 Å². The van der Waals surface area contributed by atoms with E-state index in [4.69, 9.17) is 28.9 Å². The van der Waals surface area contributed by atoms with Crippen LogP contribution < -0.4 is 39.8 Å². The number of likely N-dealkylation sites (N-methyl/N-ethyl adjacent to an activating group) is 1. The summed E-state index contributed by atoms with van der Waals surface area (Å²) in [5, 5.41) is 8.40. The summed E-state index contributed by atoms with van der Waals surface area (Å²) in [4.78, 5) is 111. The van der Waals surface area contributed by atoms with Crippen molar-refractivity contribution >= 4 is 87.7 Å². The Morgan fingerprint density at radius 2 is 1.20 bits per heavy atom. The molecular weight excluding hydrogens is 1110 g/mol. The highest BCUT2D eigenvalue weighted by molar-refractivity contribution is 6.07. The van der Waals surface area contributed by atoms with E-state index in [1.54, 1.807) is 59.3 Å². The third kappa shape index (κ3) is 13.9. The minimum absolute atomic E-state index is 0.118. The van der Waals surface area contributed by atoms with Crippen LogP contribution in [0, 0.1) is 11.8 Å². The van der Waals surface area contributed by atoms with Gasteiger partial charge in [-0.3, -0.25) is 48.4 Å². The van der Waals surface area contributed by atoms with Gasteiger partial charge in [0.25, 0.3) is 11.8 Å². The van der Waals surface area contributed by atoms with Crippen molar-refractivity contribution in [3.63, 3.8) is 0 Å². The third-order valence-electron chi connectivity index (χ3n) is 17.0. The maximum Gasteiger partial charge on any atom is 0.260 e. The van der Waals surface area contributed by atoms with Gasteiger partial charge >= 0.3 is 0 Å². The lowest BCUT2D eigenvalue weighted by Gasteiger charge is -2.34. The summed E-state index contributed by atoms with van der Waals surface area (Å²) in [7, 11) is 5.20. The minimum atomic E-state index is -0.923. The third-order valence-corrected chi connectivity index (χ3v) is 17.0. The van der Waals surface area contributed by atoms with Crippen LogP contribution in [0.25, 0.3) is 11.1 Å². The molecule has 0 aromatic heterocycles. The molecule has 21 heteroatoms. The summed E-state index contributed by atoms with van der Waals surface area (Å²) < 4.78 is 23.8. The van der Waals surface area contributed by atoms with E-state index in [1.807, 2.05) is 51.5 Å². The topological polar surface area (TPSA) is 233 Å². The van der Waals surface area contributed by atoms with Crippen LogP contribution >= 0.6 is 0 Å². The molecule has 5 atom stereocenters. The molecule has 0 radical (unpaired) electrons. The van der Waals surface area contributed by atoms with Gasteiger partial charge in [0, 0.05) is 119 Å². The van der Waals surface area contributed by atoms with E-state index in [0.29, 0.717) is 103 Å². The van der Waals surface area contributed by atoms with Gasteiger partial charge in [-0.15, -0.1) is 0 Å². The Hall–Kier alpha value is -8.85. The van der Waals surface area contributed by atoms with E-state index in [1.165, 1.54) is 24.8 Å². The van der Waals surface area contributed by atoms with Crippen molar-refractivity contribution < 1.29 is 52.5 Å². The van der Waals surface area contributed by atoms with Crippen LogP contribution in [0.2, 0.25) is 0 Å². The lowest BCUT2D eigenvalue weighted by molar-refractivity contribution is -0.139. The molecule has 21 nitrogen and oxygen atoms in total. The number of rotatable bonds is 24. The number of piperazine rings is 1. The maximum atomic E-state index is 14.2. The van der Waals surface area contributed by atoms with Gasteiger partial charge in [-0.25, -0.2) is 0 Å². The Morgan fingerprint density at radius 1 is 0.644 bits per heavy atom. The predicted octanol–water partition coefficient (Wildman–Crippen LogP) is 8.18. The highest BCUT2D eigenvalue weighted by Crippen LogP contribution is 2.42. The zero-order chi connectivity index (χ0) is 61.5. The van der Waals surface area contributed by atoms with Crippen molar-refractivity contribution in [1.82, 2.24) is 30.2 Å². The van der Waals surface area contributed by atoms with E-state index < -0.39 is 23.9 Å². The molecule has 0 bridgehead atoms. The van der Waals surface area contributed by atoms with E-state index in [0.717, 1.165) is 48.5 Å². The molecule has 87 heavy (non-hydrogen) atoms. The van der Waals surface area contributed by atoms with Crippen molar-refractivity contribution in [2.24, 2.45) is 21.8 Å². The van der Waals surface area contributed by atoms with Crippen LogP contribution in [-0.4, -0.2) is 165 Å². The van der Waals surface area contributed by atoms with Crippen molar-refractivity contribution in [2.75, 3.05) is 77.4 Å². The van der Waals surface area contributed by atoms with Crippen molar-refractivity contribution in [2.45, 2.75) is 110 Å². The van der Waals surface area contributed by atoms with Gasteiger partial charge in [-0.2, -0.15) is 0 Å². The number of anilines is 2. The number of nitrogens with one attached hydrogen (secondary N) is 3. The molecule has 0 aliphatic carbocycles. The number of carbonyl (C=O) groups is 7. The quantitative estimate of drug-likeness (QED) is 0.0444. The van der Waals surface area contributed by atoms with Crippen LogP contribution in [0.4, 0.5) is 22.7 Å². The number of aliphatic imine (C=N–C) groups is 2. The number of imide groups is 1. The number of likely N-dealkylation sites (tertiary alicyclic amines) is 1. The van der Waals surface area contributed by atoms with Gasteiger partial charge in [0.15, 0.2) is 23.0 Å². The van der Waals surface area contributed by atoms with Crippen molar-refractivity contribution in [1.29, 1.82) is 0 Å². The van der Waals surface area contributed by atoms with Gasteiger partial charge in [-0.05, 0) is 97.8 Å². The Labute approximate surface area is 507 Å². The highest BCUT2D eigenvalue weighted by Gasteiger charge is 2.38. The molecule has 0 spiro atoms. The number of unbranched alkanes of at least 4 members (excludes halogenated alkanes) is 2. The number of nitrogens with zero attached hydrogens (tertiary/aromatic N) is 7. The van der Waals surface area contributed by atoms with Gasteiger partial charge in [-0.1, -0.05) is 51.5 Å². The fourth-order valence-corrected chi connectivity index (χ4v) is 11.7. The molecule has 458 valence electrons. The number of methoxy groups -OCH3 is 2. The van der Waals surface area contributed by atoms with Gasteiger partial charge in [0.1, 0.15) is 12.1 Å². The van der Waals surface area contributed by atoms with Crippen LogP contribution in [-0.2, 0) is 24.0 Å². The molecule has 4 aromatic carbocycles. The second kappa shape index (κ2) is 27.2. The SMILES string of the molecule is CCC1CC(=O)N(CCCCCC(=O)N[C@H](C(=O)N[C@@H](C)C(=O)Nc2ccc(C3=CN4C(=O)c5cc(OC)c(OCCCOc6cc7c(cc6OC)C(=O)N6C=C(c8ccc(N9CCN(C)CC9)cc8)C[C@H]6C=N7)cc5N=C[C@@H]4C3)cc2)C(C)C)C1=O. The first-order valence-corrected chi connectivity index (χ1v) is 30.2. The lowest BCUT2D eigenvalue weighted by atomic mass is 10.0. The molecule has 0 saturated carbocycles. The Kier molecular flexibility index (Phi) is 19.2. The largest absolute Gasteiger partial charge is 0.493 e. The van der Waals surface area contributed by atoms with Gasteiger partial charge in [0.05, 0.1) is 62.0 Å². The fourth-order valence-electron chi connectivity index (χ4n) is 11.7. The molecule has 10 rings (SSSR count). The van der Waals surface area contributed by atoms with Crippen LogP contribution in [0.3, 0.4) is 0 Å². The maximum absolute atomic E-state index is 14.2. The molecule has 2 fully saturated rings. The highest BCUT2D eigenvalue weighted by atomic mass is 16.5. The Balaban J connectivity index is 0.677. The summed E-state index contributed by atoms with van der Waals surface area (Å²) in [6.45, 7) is 12.0. The molecular formula is C66H78N10O11. The average molecular weight is 1190 g/mol. The van der Waals surface area contributed by atoms with E-state index in [2.05, 4.69) is 57.1 Å². The number of fused-ring (bicyclic) bond motifs is 4. The number of amides is 7. The number of carbonyl (C=O) groups excluding carboxylic acids is 7. The number of benzene rings is 4. The lowest BCUT2D eigenvalue weighted by Crippen LogP contribution is -2.53. The van der Waals surface area contributed by atoms with Crippen LogP contribution in [0.15, 0.2) is 95.2 Å². The van der Waals surface area contributed by atoms with E-state index in [9.17, 15) is 33.6 Å². The number of hydrogen-bond acceptors (Lipinski definition) is 15. The van der Waals surface area contributed by atoms with Gasteiger partial charge < -0.3 is 54.5 Å². The average Bonchev–Trinajstić information content (AvgIpc) is 2.29. The van der Waals surface area contributed by atoms with Crippen LogP contribution in [0.1, 0.15) is 117 Å². The molecule has 6 aliphatic rings. The molecule has 1 unspecified atom stereocenters. The summed E-state index contributed by atoms with van der Waals surface area (Å²) in [5.74, 6) is -0.746. The smallest absolute Gasteiger partial charge is 0.260 e. The predicted molar refractivity (Wildman–Crippen MR) is 332 cm³/mol. The number of ether oxygens (including phenoxy) is 4. The summed E-state index contributed by atoms with van der Waals surface area (Å²) in [6, 6.07) is 20.2. The van der Waals surface area contributed by atoms with E-state index in [-0.39, 0.29) is 79.5 Å². The second-order valence-electron chi connectivity index (χ2n) is 23.4. The minimum Gasteiger partial charge on any atom is -0.493 e. The Bertz CT molecular complexity index is 3410.